The Morgan fingerprint density at radius 1 is 0.812 bits per heavy atom. The van der Waals surface area contributed by atoms with Crippen molar-refractivity contribution < 1.29 is 23.7 Å². The zero-order valence-electron chi connectivity index (χ0n) is 18.7. The van der Waals surface area contributed by atoms with Gasteiger partial charge in [0.2, 0.25) is 0 Å². The molecule has 0 saturated carbocycles. The van der Waals surface area contributed by atoms with Gasteiger partial charge in [0.25, 0.3) is 0 Å². The van der Waals surface area contributed by atoms with E-state index in [9.17, 15) is 4.79 Å². The summed E-state index contributed by atoms with van der Waals surface area (Å²) in [5.41, 5.74) is 2.37. The van der Waals surface area contributed by atoms with Crippen molar-refractivity contribution in [3.05, 3.63) is 89.5 Å². The van der Waals surface area contributed by atoms with Gasteiger partial charge in [0.15, 0.2) is 17.3 Å². The van der Waals surface area contributed by atoms with E-state index in [1.165, 1.54) is 6.08 Å². The second-order valence-corrected chi connectivity index (χ2v) is 6.91. The molecule has 0 atom stereocenters. The lowest BCUT2D eigenvalue weighted by atomic mass is 10.1. The average Bonchev–Trinajstić information content (AvgIpc) is 2.83. The molecule has 0 radical (unpaired) electrons. The summed E-state index contributed by atoms with van der Waals surface area (Å²) >= 11 is 0. The van der Waals surface area contributed by atoms with Crippen LogP contribution < -0.4 is 18.9 Å². The molecular formula is C27H28O5. The second kappa shape index (κ2) is 11.6. The highest BCUT2D eigenvalue weighted by atomic mass is 16.5. The molecule has 32 heavy (non-hydrogen) atoms. The van der Waals surface area contributed by atoms with Crippen molar-refractivity contribution in [2.24, 2.45) is 0 Å². The summed E-state index contributed by atoms with van der Waals surface area (Å²) in [7, 11) is 1.55. The monoisotopic (exact) mass is 432 g/mol. The molecule has 0 N–H and O–H groups in total. The normalized spacial score (nSPS) is 10.7. The van der Waals surface area contributed by atoms with E-state index < -0.39 is 0 Å². The molecule has 5 nitrogen and oxygen atoms in total. The lowest BCUT2D eigenvalue weighted by Crippen LogP contribution is -2.01. The first-order valence-electron chi connectivity index (χ1n) is 10.6. The standard InChI is InChI=1S/C27H28O5/c1-4-30-26-16-14-21(18-27(26)31-5-2)19-32-22-10-8-9-20(17-22)13-15-24(28)23-11-6-7-12-25(23)29-3/h6-18H,4-5,19H2,1-3H3/b15-13+. The van der Waals surface area contributed by atoms with Crippen LogP contribution in [0.15, 0.2) is 72.8 Å². The van der Waals surface area contributed by atoms with Gasteiger partial charge >= 0.3 is 0 Å². The van der Waals surface area contributed by atoms with E-state index in [1.807, 2.05) is 68.4 Å². The van der Waals surface area contributed by atoms with Gasteiger partial charge in [0, 0.05) is 0 Å². The summed E-state index contributed by atoms with van der Waals surface area (Å²) in [4.78, 5) is 12.5. The number of ketones is 1. The van der Waals surface area contributed by atoms with Gasteiger partial charge in [-0.15, -0.1) is 0 Å². The Morgan fingerprint density at radius 3 is 2.38 bits per heavy atom. The van der Waals surface area contributed by atoms with Crippen LogP contribution >= 0.6 is 0 Å². The molecule has 3 aromatic rings. The molecule has 0 bridgehead atoms. The molecule has 0 fully saturated rings. The maximum absolute atomic E-state index is 12.5. The van der Waals surface area contributed by atoms with Crippen molar-refractivity contribution in [1.29, 1.82) is 0 Å². The van der Waals surface area contributed by atoms with E-state index in [0.717, 1.165) is 16.9 Å². The number of methoxy groups -OCH3 is 1. The third kappa shape index (κ3) is 6.14. The van der Waals surface area contributed by atoms with Crippen LogP contribution in [0.1, 0.15) is 35.3 Å². The molecule has 0 saturated heterocycles. The quantitative estimate of drug-likeness (QED) is 0.276. The number of para-hydroxylation sites is 1. The first kappa shape index (κ1) is 22.9. The van der Waals surface area contributed by atoms with Gasteiger partial charge in [-0.2, -0.15) is 0 Å². The maximum atomic E-state index is 12.5. The van der Waals surface area contributed by atoms with Crippen LogP contribution in [0.5, 0.6) is 23.0 Å². The number of hydrogen-bond acceptors (Lipinski definition) is 5. The molecule has 0 aliphatic rings. The van der Waals surface area contributed by atoms with E-state index in [1.54, 1.807) is 25.3 Å². The van der Waals surface area contributed by atoms with Crippen LogP contribution in [-0.4, -0.2) is 26.1 Å². The Balaban J connectivity index is 1.67. The molecule has 0 aliphatic carbocycles. The van der Waals surface area contributed by atoms with Crippen molar-refractivity contribution in [2.45, 2.75) is 20.5 Å². The lowest BCUT2D eigenvalue weighted by molar-refractivity contribution is 0.104. The van der Waals surface area contributed by atoms with Crippen molar-refractivity contribution in [2.75, 3.05) is 20.3 Å². The molecule has 0 heterocycles. The van der Waals surface area contributed by atoms with Crippen molar-refractivity contribution in [1.82, 2.24) is 0 Å². The van der Waals surface area contributed by atoms with Crippen molar-refractivity contribution in [3.63, 3.8) is 0 Å². The summed E-state index contributed by atoms with van der Waals surface area (Å²) < 4.78 is 22.5. The van der Waals surface area contributed by atoms with E-state index in [2.05, 4.69) is 0 Å². The number of carbonyl (C=O) groups is 1. The SMILES string of the molecule is CCOc1ccc(COc2cccc(/C=C/C(=O)c3ccccc3OC)c2)cc1OCC. The first-order valence-corrected chi connectivity index (χ1v) is 10.6. The van der Waals surface area contributed by atoms with Gasteiger partial charge in [-0.1, -0.05) is 36.4 Å². The third-order valence-electron chi connectivity index (χ3n) is 4.67. The minimum Gasteiger partial charge on any atom is -0.496 e. The Kier molecular flexibility index (Phi) is 8.32. The third-order valence-corrected chi connectivity index (χ3v) is 4.67. The molecule has 0 aromatic heterocycles. The number of allylic oxidation sites excluding steroid dienone is 1. The molecule has 5 heteroatoms. The fourth-order valence-corrected chi connectivity index (χ4v) is 3.17. The van der Waals surface area contributed by atoms with Crippen molar-refractivity contribution >= 4 is 11.9 Å². The lowest BCUT2D eigenvalue weighted by Gasteiger charge is -2.13. The molecule has 0 amide bonds. The smallest absolute Gasteiger partial charge is 0.189 e. The summed E-state index contributed by atoms with van der Waals surface area (Å²) in [6, 6.07) is 20.6. The predicted molar refractivity (Wildman–Crippen MR) is 126 cm³/mol. The zero-order valence-corrected chi connectivity index (χ0v) is 18.7. The minimum atomic E-state index is -0.119. The van der Waals surface area contributed by atoms with E-state index in [-0.39, 0.29) is 5.78 Å². The summed E-state index contributed by atoms with van der Waals surface area (Å²) in [5, 5.41) is 0. The summed E-state index contributed by atoms with van der Waals surface area (Å²) in [6.45, 7) is 5.41. The van der Waals surface area contributed by atoms with Gasteiger partial charge < -0.3 is 18.9 Å². The molecule has 0 spiro atoms. The average molecular weight is 433 g/mol. The molecule has 0 unspecified atom stereocenters. The van der Waals surface area contributed by atoms with Gasteiger partial charge in [0.05, 0.1) is 25.9 Å². The van der Waals surface area contributed by atoms with Crippen LogP contribution in [0.25, 0.3) is 6.08 Å². The Labute approximate surface area is 189 Å². The van der Waals surface area contributed by atoms with E-state index in [0.29, 0.717) is 42.6 Å². The number of hydrogen-bond donors (Lipinski definition) is 0. The fourth-order valence-electron chi connectivity index (χ4n) is 3.17. The Morgan fingerprint density at radius 2 is 1.59 bits per heavy atom. The molecular weight excluding hydrogens is 404 g/mol. The second-order valence-electron chi connectivity index (χ2n) is 6.91. The number of benzene rings is 3. The Hall–Kier alpha value is -3.73. The highest BCUT2D eigenvalue weighted by Crippen LogP contribution is 2.29. The zero-order chi connectivity index (χ0) is 22.8. The topological polar surface area (TPSA) is 54.0 Å². The van der Waals surface area contributed by atoms with Crippen LogP contribution in [0.4, 0.5) is 0 Å². The molecule has 166 valence electrons. The van der Waals surface area contributed by atoms with Crippen molar-refractivity contribution in [3.8, 4) is 23.0 Å². The molecule has 0 aliphatic heterocycles. The summed E-state index contributed by atoms with van der Waals surface area (Å²) in [5.74, 6) is 2.59. The van der Waals surface area contributed by atoms with E-state index >= 15 is 0 Å². The van der Waals surface area contributed by atoms with E-state index in [4.69, 9.17) is 18.9 Å². The predicted octanol–water partition coefficient (Wildman–Crippen LogP) is 5.97. The fraction of sp³-hybridized carbons (Fsp3) is 0.222. The Bertz CT molecular complexity index is 1070. The van der Waals surface area contributed by atoms with Crippen LogP contribution in [0, 0.1) is 0 Å². The maximum Gasteiger partial charge on any atom is 0.189 e. The van der Waals surface area contributed by atoms with Crippen LogP contribution in [0.2, 0.25) is 0 Å². The number of carbonyl (C=O) groups excluding carboxylic acids is 1. The highest BCUT2D eigenvalue weighted by Gasteiger charge is 2.09. The molecule has 3 rings (SSSR count). The van der Waals surface area contributed by atoms with Gasteiger partial charge in [-0.05, 0) is 67.4 Å². The number of ether oxygens (including phenoxy) is 4. The van der Waals surface area contributed by atoms with Crippen LogP contribution in [0.3, 0.4) is 0 Å². The highest BCUT2D eigenvalue weighted by molar-refractivity contribution is 6.08. The minimum absolute atomic E-state index is 0.119. The largest absolute Gasteiger partial charge is 0.496 e. The molecule has 3 aromatic carbocycles. The number of rotatable bonds is 11. The summed E-state index contributed by atoms with van der Waals surface area (Å²) in [6.07, 6.45) is 3.31. The van der Waals surface area contributed by atoms with Gasteiger partial charge in [-0.25, -0.2) is 0 Å². The van der Waals surface area contributed by atoms with Gasteiger partial charge in [-0.3, -0.25) is 4.79 Å². The first-order chi connectivity index (χ1) is 15.6. The van der Waals surface area contributed by atoms with Gasteiger partial charge in [0.1, 0.15) is 18.1 Å². The van der Waals surface area contributed by atoms with Crippen LogP contribution in [-0.2, 0) is 6.61 Å².